The Labute approximate surface area is 161 Å². The standard InChI is InChI=1S/C18H17Cl2N3OS/c1-3-23-17(12-5-8-15(24-2)9-6-12)21-22-18(23)25-11-13-4-7-14(19)10-16(13)20/h4-10H,3,11H2,1-2H3. The van der Waals surface area contributed by atoms with Gasteiger partial charge in [-0.25, -0.2) is 0 Å². The summed E-state index contributed by atoms with van der Waals surface area (Å²) in [5, 5.41) is 10.9. The van der Waals surface area contributed by atoms with Crippen LogP contribution in [-0.2, 0) is 12.3 Å². The van der Waals surface area contributed by atoms with Gasteiger partial charge in [-0.2, -0.15) is 0 Å². The number of aromatic nitrogens is 3. The molecule has 4 nitrogen and oxygen atoms in total. The number of ether oxygens (including phenoxy) is 1. The molecule has 0 unspecified atom stereocenters. The van der Waals surface area contributed by atoms with Crippen LogP contribution >= 0.6 is 35.0 Å². The molecule has 0 atom stereocenters. The molecule has 7 heteroatoms. The van der Waals surface area contributed by atoms with Crippen molar-refractivity contribution in [3.8, 4) is 17.1 Å². The van der Waals surface area contributed by atoms with Gasteiger partial charge in [0.1, 0.15) is 5.75 Å². The van der Waals surface area contributed by atoms with Gasteiger partial charge in [0.05, 0.1) is 7.11 Å². The molecule has 0 aliphatic rings. The van der Waals surface area contributed by atoms with Gasteiger partial charge in [0.2, 0.25) is 0 Å². The van der Waals surface area contributed by atoms with Gasteiger partial charge in [-0.1, -0.05) is 41.0 Å². The molecule has 0 aliphatic carbocycles. The Balaban J connectivity index is 1.81. The Hall–Kier alpha value is -1.69. The van der Waals surface area contributed by atoms with E-state index in [-0.39, 0.29) is 0 Å². The monoisotopic (exact) mass is 393 g/mol. The van der Waals surface area contributed by atoms with Crippen LogP contribution in [0.2, 0.25) is 10.0 Å². The zero-order valence-corrected chi connectivity index (χ0v) is 16.2. The Morgan fingerprint density at radius 3 is 2.48 bits per heavy atom. The van der Waals surface area contributed by atoms with Gasteiger partial charge in [-0.15, -0.1) is 10.2 Å². The van der Waals surface area contributed by atoms with E-state index < -0.39 is 0 Å². The van der Waals surface area contributed by atoms with Crippen molar-refractivity contribution in [2.45, 2.75) is 24.4 Å². The highest BCUT2D eigenvalue weighted by Gasteiger charge is 2.14. The van der Waals surface area contributed by atoms with Crippen molar-refractivity contribution in [2.24, 2.45) is 0 Å². The zero-order valence-electron chi connectivity index (χ0n) is 13.9. The quantitative estimate of drug-likeness (QED) is 0.513. The minimum atomic E-state index is 0.636. The maximum Gasteiger partial charge on any atom is 0.191 e. The second-order valence-corrected chi connectivity index (χ2v) is 7.09. The van der Waals surface area contributed by atoms with Crippen LogP contribution in [0.15, 0.2) is 47.6 Å². The summed E-state index contributed by atoms with van der Waals surface area (Å²) >= 11 is 13.8. The molecular formula is C18H17Cl2N3OS. The first kappa shape index (κ1) is 18.1. The van der Waals surface area contributed by atoms with E-state index in [0.717, 1.165) is 34.4 Å². The molecule has 3 aromatic rings. The fourth-order valence-electron chi connectivity index (χ4n) is 2.42. The average Bonchev–Trinajstić information content (AvgIpc) is 3.04. The lowest BCUT2D eigenvalue weighted by atomic mass is 10.2. The van der Waals surface area contributed by atoms with Crippen LogP contribution in [-0.4, -0.2) is 21.9 Å². The average molecular weight is 394 g/mol. The topological polar surface area (TPSA) is 39.9 Å². The molecule has 130 valence electrons. The van der Waals surface area contributed by atoms with Gasteiger partial charge in [0.15, 0.2) is 11.0 Å². The Bertz CT molecular complexity index is 865. The summed E-state index contributed by atoms with van der Waals surface area (Å²) < 4.78 is 7.30. The first-order chi connectivity index (χ1) is 12.1. The second-order valence-electron chi connectivity index (χ2n) is 5.30. The van der Waals surface area contributed by atoms with Crippen LogP contribution in [0.5, 0.6) is 5.75 Å². The number of nitrogens with zero attached hydrogens (tertiary/aromatic N) is 3. The third-order valence-corrected chi connectivity index (χ3v) is 5.36. The van der Waals surface area contributed by atoms with Crippen LogP contribution < -0.4 is 4.74 Å². The van der Waals surface area contributed by atoms with E-state index >= 15 is 0 Å². The molecule has 0 aliphatic heterocycles. The summed E-state index contributed by atoms with van der Waals surface area (Å²) in [6.45, 7) is 2.86. The van der Waals surface area contributed by atoms with E-state index in [2.05, 4.69) is 21.7 Å². The molecule has 0 saturated carbocycles. The minimum absolute atomic E-state index is 0.636. The molecule has 0 fully saturated rings. The van der Waals surface area contributed by atoms with Crippen molar-refractivity contribution in [3.63, 3.8) is 0 Å². The predicted molar refractivity (Wildman–Crippen MR) is 104 cm³/mol. The highest BCUT2D eigenvalue weighted by Crippen LogP contribution is 2.30. The Morgan fingerprint density at radius 1 is 1.08 bits per heavy atom. The van der Waals surface area contributed by atoms with Crippen molar-refractivity contribution < 1.29 is 4.74 Å². The van der Waals surface area contributed by atoms with Crippen molar-refractivity contribution in [3.05, 3.63) is 58.1 Å². The molecule has 3 rings (SSSR count). The Morgan fingerprint density at radius 2 is 1.84 bits per heavy atom. The summed E-state index contributed by atoms with van der Waals surface area (Å²) in [7, 11) is 1.65. The highest BCUT2D eigenvalue weighted by atomic mass is 35.5. The first-order valence-electron chi connectivity index (χ1n) is 7.76. The molecule has 2 aromatic carbocycles. The fourth-order valence-corrected chi connectivity index (χ4v) is 3.98. The maximum absolute atomic E-state index is 6.25. The Kier molecular flexibility index (Phi) is 5.89. The van der Waals surface area contributed by atoms with Crippen molar-refractivity contribution >= 4 is 35.0 Å². The van der Waals surface area contributed by atoms with Gasteiger partial charge in [-0.05, 0) is 48.9 Å². The van der Waals surface area contributed by atoms with E-state index in [0.29, 0.717) is 15.8 Å². The van der Waals surface area contributed by atoms with E-state index in [9.17, 15) is 0 Å². The number of rotatable bonds is 6. The summed E-state index contributed by atoms with van der Waals surface area (Å²) in [4.78, 5) is 0. The molecule has 1 aromatic heterocycles. The fraction of sp³-hybridized carbons (Fsp3) is 0.222. The second kappa shape index (κ2) is 8.13. The molecular weight excluding hydrogens is 377 g/mol. The van der Waals surface area contributed by atoms with Crippen LogP contribution in [0.25, 0.3) is 11.4 Å². The number of halogens is 2. The van der Waals surface area contributed by atoms with Crippen molar-refractivity contribution in [2.75, 3.05) is 7.11 Å². The van der Waals surface area contributed by atoms with E-state index in [1.807, 2.05) is 36.4 Å². The van der Waals surface area contributed by atoms with Crippen LogP contribution in [0.3, 0.4) is 0 Å². The molecule has 25 heavy (non-hydrogen) atoms. The number of hydrogen-bond donors (Lipinski definition) is 0. The lowest BCUT2D eigenvalue weighted by molar-refractivity contribution is 0.415. The van der Waals surface area contributed by atoms with Crippen molar-refractivity contribution in [1.29, 1.82) is 0 Å². The molecule has 0 radical (unpaired) electrons. The van der Waals surface area contributed by atoms with Gasteiger partial charge in [0, 0.05) is 27.9 Å². The molecule has 0 bridgehead atoms. The van der Waals surface area contributed by atoms with E-state index in [1.54, 1.807) is 24.9 Å². The maximum atomic E-state index is 6.25. The SMILES string of the molecule is CCn1c(SCc2ccc(Cl)cc2Cl)nnc1-c1ccc(OC)cc1. The van der Waals surface area contributed by atoms with Gasteiger partial charge in [-0.3, -0.25) is 0 Å². The number of hydrogen-bond acceptors (Lipinski definition) is 4. The van der Waals surface area contributed by atoms with Crippen LogP contribution in [0, 0.1) is 0 Å². The normalized spacial score (nSPS) is 10.9. The van der Waals surface area contributed by atoms with Gasteiger partial charge >= 0.3 is 0 Å². The lowest BCUT2D eigenvalue weighted by Crippen LogP contribution is -2.00. The van der Waals surface area contributed by atoms with Crippen molar-refractivity contribution in [1.82, 2.24) is 14.8 Å². The first-order valence-corrected chi connectivity index (χ1v) is 9.51. The third-order valence-electron chi connectivity index (χ3n) is 3.75. The van der Waals surface area contributed by atoms with Crippen LogP contribution in [0.1, 0.15) is 12.5 Å². The lowest BCUT2D eigenvalue weighted by Gasteiger charge is -2.08. The number of thioether (sulfide) groups is 1. The van der Waals surface area contributed by atoms with Gasteiger partial charge in [0.25, 0.3) is 0 Å². The summed E-state index contributed by atoms with van der Waals surface area (Å²) in [6.07, 6.45) is 0. The predicted octanol–water partition coefficient (Wildman–Crippen LogP) is 5.57. The molecule has 0 saturated heterocycles. The molecule has 0 spiro atoms. The summed E-state index contributed by atoms with van der Waals surface area (Å²) in [5.41, 5.74) is 2.03. The zero-order chi connectivity index (χ0) is 17.8. The number of benzene rings is 2. The smallest absolute Gasteiger partial charge is 0.191 e. The molecule has 0 N–H and O–H groups in total. The minimum Gasteiger partial charge on any atom is -0.497 e. The number of methoxy groups -OCH3 is 1. The largest absolute Gasteiger partial charge is 0.497 e. The highest BCUT2D eigenvalue weighted by molar-refractivity contribution is 7.98. The van der Waals surface area contributed by atoms with E-state index in [4.69, 9.17) is 27.9 Å². The summed E-state index contributed by atoms with van der Waals surface area (Å²) in [5.74, 6) is 2.37. The summed E-state index contributed by atoms with van der Waals surface area (Å²) in [6, 6.07) is 13.4. The van der Waals surface area contributed by atoms with Crippen LogP contribution in [0.4, 0.5) is 0 Å². The molecule has 1 heterocycles. The molecule has 0 amide bonds. The van der Waals surface area contributed by atoms with Gasteiger partial charge < -0.3 is 9.30 Å². The third kappa shape index (κ3) is 4.11. The van der Waals surface area contributed by atoms with E-state index in [1.165, 1.54) is 0 Å².